The number of benzene rings is 7. The first kappa shape index (κ1) is 28.6. The summed E-state index contributed by atoms with van der Waals surface area (Å²) in [6, 6.07) is 68.0. The van der Waals surface area contributed by atoms with Crippen LogP contribution in [0.15, 0.2) is 188 Å². The fourth-order valence-corrected chi connectivity index (χ4v) is 13.4. The fourth-order valence-electron chi connectivity index (χ4n) is 8.19. The molecule has 3 heterocycles. The minimum atomic E-state index is -2.57. The summed E-state index contributed by atoms with van der Waals surface area (Å²) in [5.41, 5.74) is 7.81. The summed E-state index contributed by atoms with van der Waals surface area (Å²) in [4.78, 5) is 10.5. The predicted octanol–water partition coefficient (Wildman–Crippen LogP) is 8.27. The maximum Gasteiger partial charge on any atom is 0.180 e. The molecule has 2 aromatic heterocycles. The normalized spacial score (nSPS) is 13.0. The number of fused-ring (bicyclic) bond motifs is 6. The number of nitrogens with zero attached hydrogens (tertiary/aromatic N) is 3. The van der Waals surface area contributed by atoms with Crippen molar-refractivity contribution in [1.29, 1.82) is 0 Å². The van der Waals surface area contributed by atoms with E-state index >= 15 is 0 Å². The zero-order valence-electron chi connectivity index (χ0n) is 27.2. The Morgan fingerprint density at radius 3 is 1.60 bits per heavy atom. The van der Waals surface area contributed by atoms with Crippen molar-refractivity contribution in [3.8, 4) is 39.6 Å². The van der Waals surface area contributed by atoms with E-state index in [1.165, 1.54) is 42.6 Å². The molecule has 0 atom stereocenters. The summed E-state index contributed by atoms with van der Waals surface area (Å²) in [7, 11) is -2.57. The molecule has 0 amide bonds. The van der Waals surface area contributed by atoms with Gasteiger partial charge in [-0.25, -0.2) is 9.97 Å². The Bertz CT molecular complexity index is 2610. The number of aromatic nitrogens is 3. The van der Waals surface area contributed by atoms with Crippen LogP contribution < -0.4 is 20.7 Å². The highest BCUT2D eigenvalue weighted by Crippen LogP contribution is 2.35. The van der Waals surface area contributed by atoms with Crippen LogP contribution in [0.3, 0.4) is 0 Å². The van der Waals surface area contributed by atoms with Crippen molar-refractivity contribution >= 4 is 50.6 Å². The Morgan fingerprint density at radius 2 is 0.940 bits per heavy atom. The van der Waals surface area contributed by atoms with E-state index in [1.807, 2.05) is 6.07 Å². The Balaban J connectivity index is 1.24. The quantitative estimate of drug-likeness (QED) is 0.175. The van der Waals surface area contributed by atoms with Crippen LogP contribution in [0, 0.1) is 0 Å². The summed E-state index contributed by atoms with van der Waals surface area (Å²) in [5.74, 6) is 1.56. The van der Waals surface area contributed by atoms with Gasteiger partial charge in [0.25, 0.3) is 0 Å². The van der Waals surface area contributed by atoms with Crippen LogP contribution in [0.2, 0.25) is 0 Å². The number of rotatable bonds is 5. The van der Waals surface area contributed by atoms with Gasteiger partial charge in [0.15, 0.2) is 13.9 Å². The molecular formula is C46H31N3Si. The van der Waals surface area contributed by atoms with Crippen molar-refractivity contribution in [3.63, 3.8) is 0 Å². The minimum Gasteiger partial charge on any atom is -0.294 e. The standard InChI is InChI=1S/C46H31N3Si/c1-4-16-32(17-5-1)46-47-40(31-45(48-46)49-41-25-13-10-22-36(41)37-23-11-14-26-42(37)49)33-28-29-44-39(30-33)38-24-12-15-27-43(38)50(44,34-18-6-2-7-19-34)35-20-8-3-9-21-35/h1-31H. The van der Waals surface area contributed by atoms with Gasteiger partial charge in [-0.05, 0) is 50.1 Å². The van der Waals surface area contributed by atoms with E-state index < -0.39 is 8.07 Å². The number of hydrogen-bond donors (Lipinski definition) is 0. The second-order valence-electron chi connectivity index (χ2n) is 13.0. The van der Waals surface area contributed by atoms with Gasteiger partial charge in [0, 0.05) is 28.0 Å². The van der Waals surface area contributed by atoms with Crippen LogP contribution >= 0.6 is 0 Å². The molecule has 1 aliphatic heterocycles. The predicted molar refractivity (Wildman–Crippen MR) is 210 cm³/mol. The van der Waals surface area contributed by atoms with E-state index in [4.69, 9.17) is 9.97 Å². The summed E-state index contributed by atoms with van der Waals surface area (Å²) >= 11 is 0. The molecule has 9 aromatic rings. The van der Waals surface area contributed by atoms with Gasteiger partial charge in [0.05, 0.1) is 16.7 Å². The highest BCUT2D eigenvalue weighted by molar-refractivity contribution is 7.22. The average molecular weight is 654 g/mol. The topological polar surface area (TPSA) is 30.7 Å². The third-order valence-electron chi connectivity index (χ3n) is 10.3. The zero-order valence-corrected chi connectivity index (χ0v) is 28.2. The van der Waals surface area contributed by atoms with E-state index in [0.717, 1.165) is 33.7 Å². The minimum absolute atomic E-state index is 0.707. The highest BCUT2D eigenvalue weighted by atomic mass is 28.3. The molecule has 0 aliphatic carbocycles. The zero-order chi connectivity index (χ0) is 33.1. The first-order valence-corrected chi connectivity index (χ1v) is 19.1. The Morgan fingerprint density at radius 1 is 0.400 bits per heavy atom. The molecule has 10 rings (SSSR count). The summed E-state index contributed by atoms with van der Waals surface area (Å²) in [5, 5.41) is 8.06. The summed E-state index contributed by atoms with van der Waals surface area (Å²) in [6.07, 6.45) is 0. The highest BCUT2D eigenvalue weighted by Gasteiger charge is 2.48. The van der Waals surface area contributed by atoms with Gasteiger partial charge in [-0.3, -0.25) is 4.57 Å². The molecule has 0 radical (unpaired) electrons. The van der Waals surface area contributed by atoms with Crippen LogP contribution in [0.5, 0.6) is 0 Å². The Hall–Kier alpha value is -6.36. The van der Waals surface area contributed by atoms with E-state index in [0.29, 0.717) is 5.82 Å². The van der Waals surface area contributed by atoms with Gasteiger partial charge in [-0.15, -0.1) is 0 Å². The van der Waals surface area contributed by atoms with Gasteiger partial charge >= 0.3 is 0 Å². The van der Waals surface area contributed by atoms with Gasteiger partial charge in [-0.1, -0.05) is 164 Å². The number of hydrogen-bond acceptors (Lipinski definition) is 2. The largest absolute Gasteiger partial charge is 0.294 e. The molecule has 0 fully saturated rings. The molecule has 0 unspecified atom stereocenters. The van der Waals surface area contributed by atoms with Crippen LogP contribution in [0.25, 0.3) is 61.4 Å². The molecule has 50 heavy (non-hydrogen) atoms. The third-order valence-corrected chi connectivity index (χ3v) is 15.2. The molecule has 7 aromatic carbocycles. The molecule has 4 heteroatoms. The van der Waals surface area contributed by atoms with Crippen molar-refractivity contribution < 1.29 is 0 Å². The first-order valence-electron chi connectivity index (χ1n) is 17.1. The third kappa shape index (κ3) is 4.22. The SMILES string of the molecule is c1ccc(-c2nc(-c3ccc4c(c3)-c3ccccc3[Si]4(c3ccccc3)c3ccccc3)cc(-n3c4ccccc4c4ccccc43)n2)cc1. The van der Waals surface area contributed by atoms with Crippen LogP contribution in [0.4, 0.5) is 0 Å². The second kappa shape index (κ2) is 11.4. The average Bonchev–Trinajstić information content (AvgIpc) is 3.69. The molecule has 1 aliphatic rings. The van der Waals surface area contributed by atoms with Gasteiger partial charge in [-0.2, -0.15) is 0 Å². The van der Waals surface area contributed by atoms with Crippen molar-refractivity contribution in [1.82, 2.24) is 14.5 Å². The van der Waals surface area contributed by atoms with E-state index in [9.17, 15) is 0 Å². The second-order valence-corrected chi connectivity index (χ2v) is 16.7. The fraction of sp³-hybridized carbons (Fsp3) is 0. The van der Waals surface area contributed by atoms with Crippen molar-refractivity contribution in [2.75, 3.05) is 0 Å². The molecule has 0 saturated heterocycles. The molecule has 3 nitrogen and oxygen atoms in total. The molecule has 0 spiro atoms. The van der Waals surface area contributed by atoms with Gasteiger partial charge < -0.3 is 0 Å². The van der Waals surface area contributed by atoms with Crippen molar-refractivity contribution in [2.24, 2.45) is 0 Å². The first-order chi connectivity index (χ1) is 24.8. The monoisotopic (exact) mass is 653 g/mol. The lowest BCUT2D eigenvalue weighted by Crippen LogP contribution is -2.72. The molecule has 0 N–H and O–H groups in total. The van der Waals surface area contributed by atoms with E-state index in [-0.39, 0.29) is 0 Å². The lowest BCUT2D eigenvalue weighted by molar-refractivity contribution is 1.05. The smallest absolute Gasteiger partial charge is 0.180 e. The van der Waals surface area contributed by atoms with Gasteiger partial charge in [0.1, 0.15) is 5.82 Å². The maximum absolute atomic E-state index is 5.26. The van der Waals surface area contributed by atoms with Crippen molar-refractivity contribution in [2.45, 2.75) is 0 Å². The summed E-state index contributed by atoms with van der Waals surface area (Å²) < 4.78 is 2.29. The van der Waals surface area contributed by atoms with Crippen LogP contribution in [0.1, 0.15) is 0 Å². The lowest BCUT2D eigenvalue weighted by atomic mass is 10.0. The Kier molecular flexibility index (Phi) is 6.51. The lowest BCUT2D eigenvalue weighted by Gasteiger charge is -2.31. The van der Waals surface area contributed by atoms with Crippen LogP contribution in [-0.4, -0.2) is 22.6 Å². The van der Waals surface area contributed by atoms with Crippen LogP contribution in [-0.2, 0) is 0 Å². The molecule has 0 bridgehead atoms. The maximum atomic E-state index is 5.26. The molecular weight excluding hydrogens is 623 g/mol. The summed E-state index contributed by atoms with van der Waals surface area (Å²) in [6.45, 7) is 0. The molecule has 234 valence electrons. The van der Waals surface area contributed by atoms with E-state index in [2.05, 4.69) is 187 Å². The van der Waals surface area contributed by atoms with Crippen molar-refractivity contribution in [3.05, 3.63) is 188 Å². The number of para-hydroxylation sites is 2. The Labute approximate surface area is 291 Å². The molecule has 0 saturated carbocycles. The van der Waals surface area contributed by atoms with E-state index in [1.54, 1.807) is 0 Å². The van der Waals surface area contributed by atoms with Gasteiger partial charge in [0.2, 0.25) is 0 Å².